The molecule has 6 nitrogen and oxygen atoms in total. The van der Waals surface area contributed by atoms with E-state index in [2.05, 4.69) is 0 Å². The van der Waals surface area contributed by atoms with E-state index in [4.69, 9.17) is 19.2 Å². The summed E-state index contributed by atoms with van der Waals surface area (Å²) in [7, 11) is -4.64. The van der Waals surface area contributed by atoms with Crippen molar-refractivity contribution in [3.63, 3.8) is 0 Å². The predicted molar refractivity (Wildman–Crippen MR) is 76.4 cm³/mol. The molecule has 0 aliphatic heterocycles. The summed E-state index contributed by atoms with van der Waals surface area (Å²) in [6.45, 7) is 0. The van der Waals surface area contributed by atoms with Crippen LogP contribution in [0.4, 0.5) is 0 Å². The Balaban J connectivity index is 0.000000383. The molecule has 4 N–H and O–H groups in total. The molecule has 0 aromatic heterocycles. The van der Waals surface area contributed by atoms with Crippen molar-refractivity contribution in [2.75, 3.05) is 0 Å². The lowest BCUT2D eigenvalue weighted by Crippen LogP contribution is -2.11. The molecule has 0 radical (unpaired) electrons. The Kier molecular flexibility index (Phi) is 6.42. The van der Waals surface area contributed by atoms with Crippen LogP contribution in [-0.2, 0) is 4.57 Å². The zero-order chi connectivity index (χ0) is 15.9. The molecular formula is C14H15O6P. The molecule has 2 aromatic rings. The first-order valence-electron chi connectivity index (χ1n) is 5.89. The van der Waals surface area contributed by atoms with Gasteiger partial charge in [-0.3, -0.25) is 4.79 Å². The highest BCUT2D eigenvalue weighted by molar-refractivity contribution is 7.45. The molecule has 0 heterocycles. The van der Waals surface area contributed by atoms with Gasteiger partial charge in [-0.15, -0.1) is 0 Å². The van der Waals surface area contributed by atoms with Gasteiger partial charge in [0.25, 0.3) is 0 Å². The first-order chi connectivity index (χ1) is 9.79. The van der Waals surface area contributed by atoms with Crippen LogP contribution < -0.4 is 0 Å². The van der Waals surface area contributed by atoms with Gasteiger partial charge in [-0.1, -0.05) is 60.7 Å². The van der Waals surface area contributed by atoms with E-state index in [1.807, 2.05) is 12.1 Å². The Labute approximate surface area is 121 Å². The average Bonchev–Trinajstić information content (AvgIpc) is 2.46. The monoisotopic (exact) mass is 310 g/mol. The summed E-state index contributed by atoms with van der Waals surface area (Å²) in [4.78, 5) is 33.5. The Morgan fingerprint density at radius 2 is 1.24 bits per heavy atom. The Morgan fingerprint density at radius 3 is 1.67 bits per heavy atom. The maximum absolute atomic E-state index is 11.9. The van der Waals surface area contributed by atoms with Gasteiger partial charge in [0.2, 0.25) is 0 Å². The van der Waals surface area contributed by atoms with E-state index < -0.39 is 13.9 Å². The molecular weight excluding hydrogens is 295 g/mol. The highest BCUT2D eigenvalue weighted by Crippen LogP contribution is 2.25. The molecule has 2 rings (SSSR count). The van der Waals surface area contributed by atoms with E-state index in [-0.39, 0.29) is 5.78 Å². The molecule has 112 valence electrons. The van der Waals surface area contributed by atoms with Crippen LogP contribution in [-0.4, -0.2) is 25.6 Å². The number of benzene rings is 2. The fourth-order valence-electron chi connectivity index (χ4n) is 1.55. The standard InChI is InChI=1S/C14H12O2.H3O4P/c15-13(11-7-3-1-4-8-11)14(16)12-9-5-2-6-10-12;1-5(2,3)4/h1-10,13,15H;(H3,1,2,3,4). The van der Waals surface area contributed by atoms with Crippen LogP contribution in [0.25, 0.3) is 0 Å². The number of phosphoric acid groups is 1. The SMILES string of the molecule is O=C(c1ccccc1)C(O)c1ccccc1.O=P(O)(O)O. The van der Waals surface area contributed by atoms with E-state index in [0.717, 1.165) is 0 Å². The van der Waals surface area contributed by atoms with Crippen molar-refractivity contribution in [1.82, 2.24) is 0 Å². The Morgan fingerprint density at radius 1 is 0.857 bits per heavy atom. The summed E-state index contributed by atoms with van der Waals surface area (Å²) in [6.07, 6.45) is -1.08. The summed E-state index contributed by atoms with van der Waals surface area (Å²) in [5.74, 6) is -0.271. The summed E-state index contributed by atoms with van der Waals surface area (Å²) in [5, 5.41) is 9.89. The molecule has 2 aromatic carbocycles. The van der Waals surface area contributed by atoms with E-state index >= 15 is 0 Å². The molecule has 0 amide bonds. The zero-order valence-electron chi connectivity index (χ0n) is 10.9. The third-order valence-corrected chi connectivity index (χ3v) is 2.42. The number of rotatable bonds is 3. The van der Waals surface area contributed by atoms with Crippen molar-refractivity contribution in [1.29, 1.82) is 0 Å². The van der Waals surface area contributed by atoms with Crippen molar-refractivity contribution >= 4 is 13.6 Å². The van der Waals surface area contributed by atoms with Gasteiger partial charge in [-0.25, -0.2) is 4.57 Å². The van der Waals surface area contributed by atoms with E-state index in [9.17, 15) is 9.90 Å². The fourth-order valence-corrected chi connectivity index (χ4v) is 1.55. The smallest absolute Gasteiger partial charge is 0.380 e. The van der Waals surface area contributed by atoms with Crippen LogP contribution in [0.5, 0.6) is 0 Å². The lowest BCUT2D eigenvalue weighted by Gasteiger charge is -2.09. The summed E-state index contributed by atoms with van der Waals surface area (Å²) in [5.41, 5.74) is 1.15. The summed E-state index contributed by atoms with van der Waals surface area (Å²) >= 11 is 0. The molecule has 0 aliphatic rings. The predicted octanol–water partition coefficient (Wildman–Crippen LogP) is 1.67. The highest BCUT2D eigenvalue weighted by atomic mass is 31.2. The van der Waals surface area contributed by atoms with Gasteiger partial charge < -0.3 is 19.8 Å². The van der Waals surface area contributed by atoms with Crippen molar-refractivity contribution in [2.24, 2.45) is 0 Å². The van der Waals surface area contributed by atoms with Crippen LogP contribution in [0.3, 0.4) is 0 Å². The average molecular weight is 310 g/mol. The van der Waals surface area contributed by atoms with Crippen molar-refractivity contribution in [3.05, 3.63) is 71.8 Å². The molecule has 0 saturated heterocycles. The van der Waals surface area contributed by atoms with Gasteiger partial charge in [-0.05, 0) is 5.56 Å². The first-order valence-corrected chi connectivity index (χ1v) is 7.46. The molecule has 0 fully saturated rings. The third kappa shape index (κ3) is 6.94. The minimum Gasteiger partial charge on any atom is -0.380 e. The number of carbonyl (C=O) groups excluding carboxylic acids is 1. The van der Waals surface area contributed by atoms with Crippen LogP contribution in [0.15, 0.2) is 60.7 Å². The molecule has 1 atom stereocenters. The highest BCUT2D eigenvalue weighted by Gasteiger charge is 2.18. The van der Waals surface area contributed by atoms with E-state index in [0.29, 0.717) is 11.1 Å². The quantitative estimate of drug-likeness (QED) is 0.506. The van der Waals surface area contributed by atoms with Crippen LogP contribution in [0, 0.1) is 0 Å². The topological polar surface area (TPSA) is 115 Å². The van der Waals surface area contributed by atoms with Gasteiger partial charge in [0.05, 0.1) is 0 Å². The molecule has 21 heavy (non-hydrogen) atoms. The minimum atomic E-state index is -4.64. The maximum Gasteiger partial charge on any atom is 0.466 e. The fraction of sp³-hybridized carbons (Fsp3) is 0.0714. The second-order valence-corrected chi connectivity index (χ2v) is 5.08. The normalized spacial score (nSPS) is 12.0. The van der Waals surface area contributed by atoms with Gasteiger partial charge in [-0.2, -0.15) is 0 Å². The van der Waals surface area contributed by atoms with Gasteiger partial charge >= 0.3 is 7.82 Å². The first kappa shape index (κ1) is 17.2. The van der Waals surface area contributed by atoms with Crippen molar-refractivity contribution in [3.8, 4) is 0 Å². The second kappa shape index (κ2) is 7.83. The summed E-state index contributed by atoms with van der Waals surface area (Å²) in [6, 6.07) is 17.7. The van der Waals surface area contributed by atoms with Gasteiger partial charge in [0, 0.05) is 5.56 Å². The van der Waals surface area contributed by atoms with Crippen LogP contribution in [0.2, 0.25) is 0 Å². The van der Waals surface area contributed by atoms with Gasteiger partial charge in [0.15, 0.2) is 5.78 Å². The number of hydrogen-bond donors (Lipinski definition) is 4. The van der Waals surface area contributed by atoms with E-state index in [1.165, 1.54) is 0 Å². The van der Waals surface area contributed by atoms with E-state index in [1.54, 1.807) is 48.5 Å². The molecule has 0 aliphatic carbocycles. The zero-order valence-corrected chi connectivity index (χ0v) is 11.8. The maximum atomic E-state index is 11.9. The lowest BCUT2D eigenvalue weighted by molar-refractivity contribution is 0.0747. The number of hydrogen-bond acceptors (Lipinski definition) is 3. The van der Waals surface area contributed by atoms with Gasteiger partial charge in [0.1, 0.15) is 6.10 Å². The number of aliphatic hydroxyl groups is 1. The Hall–Kier alpha value is -1.82. The number of ketones is 1. The van der Waals surface area contributed by atoms with Crippen LogP contribution in [0.1, 0.15) is 22.0 Å². The van der Waals surface area contributed by atoms with Crippen molar-refractivity contribution in [2.45, 2.75) is 6.10 Å². The number of Topliss-reactive ketones (excluding diaryl/α,β-unsaturated/α-hetero) is 1. The Bertz CT molecular complexity index is 600. The lowest BCUT2D eigenvalue weighted by atomic mass is 10.0. The number of carbonyl (C=O) groups is 1. The summed E-state index contributed by atoms with van der Waals surface area (Å²) < 4.78 is 8.88. The molecule has 7 heteroatoms. The molecule has 1 unspecified atom stereocenters. The third-order valence-electron chi connectivity index (χ3n) is 2.42. The minimum absolute atomic E-state index is 0.271. The molecule has 0 saturated carbocycles. The number of aliphatic hydroxyl groups excluding tert-OH is 1. The molecule has 0 bridgehead atoms. The largest absolute Gasteiger partial charge is 0.466 e. The molecule has 0 spiro atoms. The van der Waals surface area contributed by atoms with Crippen LogP contribution >= 0.6 is 7.82 Å². The second-order valence-electron chi connectivity index (χ2n) is 4.06. The van der Waals surface area contributed by atoms with Crippen molar-refractivity contribution < 1.29 is 29.1 Å².